The maximum atomic E-state index is 14.8. The van der Waals surface area contributed by atoms with E-state index < -0.39 is 142 Å². The summed E-state index contributed by atoms with van der Waals surface area (Å²) in [6.07, 6.45) is -75.8. The van der Waals surface area contributed by atoms with E-state index in [9.17, 15) is 167 Å². The second kappa shape index (κ2) is 16.1. The fourth-order valence-corrected chi connectivity index (χ4v) is 5.58. The molecule has 1 N–H and O–H groups in total. The summed E-state index contributed by atoms with van der Waals surface area (Å²) >= 11 is 0. The lowest BCUT2D eigenvalue weighted by atomic mass is 9.69. The Hall–Kier alpha value is -3.53. The minimum absolute atomic E-state index is 2.60. The first-order chi connectivity index (χ1) is 27.1. The summed E-state index contributed by atoms with van der Waals surface area (Å²) in [5, 5.41) is -4.77. The maximum Gasteiger partial charge on any atom is 0.434 e. The van der Waals surface area contributed by atoms with E-state index in [1.165, 1.54) is 0 Å². The third-order valence-corrected chi connectivity index (χ3v) is 9.01. The number of ether oxygens (including phenoxy) is 2. The summed E-state index contributed by atoms with van der Waals surface area (Å²) in [5.41, 5.74) is -37.8. The molecule has 0 bridgehead atoms. The van der Waals surface area contributed by atoms with Crippen molar-refractivity contribution in [3.05, 3.63) is 0 Å². The highest BCUT2D eigenvalue weighted by Gasteiger charge is 3.04. The molecule has 3 atom stereocenters. The lowest BCUT2D eigenvalue weighted by Crippen LogP contribution is -2.80. The van der Waals surface area contributed by atoms with Gasteiger partial charge in [0.1, 0.15) is 0 Å². The van der Waals surface area contributed by atoms with Crippen LogP contribution in [0.2, 0.25) is 0 Å². The van der Waals surface area contributed by atoms with Crippen molar-refractivity contribution in [2.45, 2.75) is 96.1 Å². The number of carbonyl (C=O) groups excluding carboxylic acids is 2. The second-order valence-corrected chi connectivity index (χ2v) is 13.4. The molecule has 0 rings (SSSR count). The summed E-state index contributed by atoms with van der Waals surface area (Å²) < 4.78 is 498. The summed E-state index contributed by atoms with van der Waals surface area (Å²) in [5.74, 6) is -43.9. The first-order valence-corrected chi connectivity index (χ1v) is 15.3. The van der Waals surface area contributed by atoms with Gasteiger partial charge in [0.25, 0.3) is 10.1 Å². The molecular weight excluding hydrogens is 1050 g/mol. The van der Waals surface area contributed by atoms with Crippen molar-refractivity contribution < 1.29 is 181 Å². The zero-order valence-corrected chi connectivity index (χ0v) is 28.7. The summed E-state index contributed by atoms with van der Waals surface area (Å²) in [6, 6.07) is 0. The Kier molecular flexibility index (Phi) is 15.2. The molecule has 0 aliphatic heterocycles. The zero-order chi connectivity index (χ0) is 52.8. The van der Waals surface area contributed by atoms with Gasteiger partial charge in [0, 0.05) is 0 Å². The predicted octanol–water partition coefficient (Wildman–Crippen LogP) is 10.1. The Morgan fingerprint density at radius 2 is 0.609 bits per heavy atom. The molecule has 0 aliphatic carbocycles. The lowest BCUT2D eigenvalue weighted by molar-refractivity contribution is -0.514. The van der Waals surface area contributed by atoms with E-state index in [1.54, 1.807) is 0 Å². The molecule has 0 aromatic rings. The quantitative estimate of drug-likeness (QED) is 0.105. The van der Waals surface area contributed by atoms with Gasteiger partial charge >= 0.3 is 107 Å². The van der Waals surface area contributed by atoms with Crippen LogP contribution in [0.3, 0.4) is 0 Å². The van der Waals surface area contributed by atoms with Gasteiger partial charge in [-0.3, -0.25) is 14.1 Å². The van der Waals surface area contributed by atoms with Crippen molar-refractivity contribution in [1.29, 1.82) is 0 Å². The SMILES string of the molecule is O=C(CC(C(=O)OCC(F)(F)C(F)(C(F)(F)F)C(F)(F)C(C(F)(F)F)(C(F)(F)F)C(F)(F)F)S(=O)(=O)O)OCC(F)(F)C(F)(C(F)(F)F)C(F)(F)C(C(F)(F)F)(C(F)(F)F)C(F)(F)F. The van der Waals surface area contributed by atoms with Crippen LogP contribution >= 0.6 is 0 Å². The van der Waals surface area contributed by atoms with E-state index in [-0.39, 0.29) is 0 Å². The molecule has 0 saturated carbocycles. The number of esters is 2. The van der Waals surface area contributed by atoms with Crippen LogP contribution in [0.25, 0.3) is 0 Å². The fraction of sp³-hybridized carbons (Fsp3) is 0.909. The van der Waals surface area contributed by atoms with E-state index >= 15 is 0 Å². The number of halogens is 34. The molecule has 0 aromatic carbocycles. The molecule has 0 saturated heterocycles. The number of carbonyl (C=O) groups is 2. The molecule has 382 valence electrons. The van der Waals surface area contributed by atoms with Crippen LogP contribution in [0.5, 0.6) is 0 Å². The summed E-state index contributed by atoms with van der Waals surface area (Å²) in [4.78, 5) is 23.6. The standard InChI is InChI=1S/C22H8F34O7S/c23-7(24,11(27,21(51,52)53)13(29,30)9(15(33,34)35,16(36,37)38)17(39,40)41)2-62-5(57)1-4(64(59,60)61)6(58)63-3-8(25,26)12(28,22(54,55)56)14(31,32)10(18(42,43)44,19(45,46)47)20(48,49)50/h4H,1-3H2,(H,59,60,61). The fourth-order valence-electron chi connectivity index (χ4n) is 4.92. The van der Waals surface area contributed by atoms with Gasteiger partial charge in [0.2, 0.25) is 0 Å². The highest BCUT2D eigenvalue weighted by Crippen LogP contribution is 2.74. The van der Waals surface area contributed by atoms with Gasteiger partial charge in [-0.25, -0.2) is 26.3 Å². The van der Waals surface area contributed by atoms with E-state index in [0.717, 1.165) is 0 Å². The summed E-state index contributed by atoms with van der Waals surface area (Å²) in [6.45, 7) is -9.50. The molecule has 0 amide bonds. The number of hydrogen-bond acceptors (Lipinski definition) is 6. The molecule has 3 unspecified atom stereocenters. The third kappa shape index (κ3) is 8.76. The largest absolute Gasteiger partial charge is 0.459 e. The molecular formula is C22H8F34O7S. The van der Waals surface area contributed by atoms with E-state index in [2.05, 4.69) is 9.47 Å². The van der Waals surface area contributed by atoms with Crippen LogP contribution in [-0.4, -0.2) is 128 Å². The maximum absolute atomic E-state index is 14.8. The minimum Gasteiger partial charge on any atom is -0.459 e. The molecule has 64 heavy (non-hydrogen) atoms. The topological polar surface area (TPSA) is 107 Å². The van der Waals surface area contributed by atoms with Crippen molar-refractivity contribution in [1.82, 2.24) is 0 Å². The first-order valence-electron chi connectivity index (χ1n) is 13.8. The second-order valence-electron chi connectivity index (χ2n) is 11.8. The number of hydrogen-bond donors (Lipinski definition) is 1. The van der Waals surface area contributed by atoms with Gasteiger partial charge in [-0.2, -0.15) is 131 Å². The monoisotopic (exact) mass is 1060 g/mol. The van der Waals surface area contributed by atoms with Crippen molar-refractivity contribution in [3.8, 4) is 0 Å². The smallest absolute Gasteiger partial charge is 0.434 e. The molecule has 0 aliphatic rings. The van der Waals surface area contributed by atoms with Crippen LogP contribution in [0, 0.1) is 10.8 Å². The summed E-state index contributed by atoms with van der Waals surface area (Å²) in [7, 11) is -7.16. The first kappa shape index (κ1) is 60.5. The Morgan fingerprint density at radius 3 is 0.797 bits per heavy atom. The van der Waals surface area contributed by atoms with Crippen LogP contribution in [0.15, 0.2) is 0 Å². The predicted molar refractivity (Wildman–Crippen MR) is 123 cm³/mol. The van der Waals surface area contributed by atoms with Gasteiger partial charge in [0.05, 0.1) is 6.42 Å². The van der Waals surface area contributed by atoms with E-state index in [0.29, 0.717) is 0 Å². The van der Waals surface area contributed by atoms with Gasteiger partial charge in [-0.05, 0) is 0 Å². The van der Waals surface area contributed by atoms with Gasteiger partial charge < -0.3 is 9.47 Å². The molecule has 0 aromatic heterocycles. The van der Waals surface area contributed by atoms with Crippen LogP contribution in [-0.2, 0) is 29.2 Å². The Bertz CT molecular complexity index is 1730. The van der Waals surface area contributed by atoms with Crippen LogP contribution in [0.4, 0.5) is 149 Å². The average molecular weight is 1060 g/mol. The zero-order valence-electron chi connectivity index (χ0n) is 27.9. The van der Waals surface area contributed by atoms with Gasteiger partial charge in [0.15, 0.2) is 18.5 Å². The molecule has 0 spiro atoms. The Morgan fingerprint density at radius 1 is 0.391 bits per heavy atom. The molecule has 0 radical (unpaired) electrons. The highest BCUT2D eigenvalue weighted by atomic mass is 32.2. The average Bonchev–Trinajstić information content (AvgIpc) is 2.94. The van der Waals surface area contributed by atoms with Crippen molar-refractivity contribution in [2.75, 3.05) is 13.2 Å². The highest BCUT2D eigenvalue weighted by molar-refractivity contribution is 7.87. The van der Waals surface area contributed by atoms with Crippen molar-refractivity contribution >= 4 is 22.1 Å². The van der Waals surface area contributed by atoms with Crippen molar-refractivity contribution in [2.24, 2.45) is 10.8 Å². The molecule has 0 heterocycles. The van der Waals surface area contributed by atoms with Gasteiger partial charge in [-0.1, -0.05) is 0 Å². The minimum atomic E-state index is -9.78. The Balaban J connectivity index is 7.42. The van der Waals surface area contributed by atoms with Gasteiger partial charge in [-0.15, -0.1) is 0 Å². The van der Waals surface area contributed by atoms with Crippen molar-refractivity contribution in [3.63, 3.8) is 0 Å². The molecule has 7 nitrogen and oxygen atoms in total. The Labute approximate surface area is 324 Å². The van der Waals surface area contributed by atoms with E-state index in [4.69, 9.17) is 4.55 Å². The lowest BCUT2D eigenvalue weighted by Gasteiger charge is -2.49. The van der Waals surface area contributed by atoms with Crippen LogP contribution in [0.1, 0.15) is 6.42 Å². The number of rotatable bonds is 14. The van der Waals surface area contributed by atoms with E-state index in [1.807, 2.05) is 0 Å². The third-order valence-electron chi connectivity index (χ3n) is 7.93. The van der Waals surface area contributed by atoms with Crippen LogP contribution < -0.4 is 0 Å². The molecule has 0 fully saturated rings. The normalized spacial score (nSPS) is 18.2. The molecule has 42 heteroatoms. The number of alkyl halides is 34.